The summed E-state index contributed by atoms with van der Waals surface area (Å²) in [6.07, 6.45) is 0. The van der Waals surface area contributed by atoms with Gasteiger partial charge in [0.2, 0.25) is 11.7 Å². The Bertz CT molecular complexity index is 952. The van der Waals surface area contributed by atoms with Crippen molar-refractivity contribution in [2.45, 2.75) is 12.6 Å². The lowest BCUT2D eigenvalue weighted by molar-refractivity contribution is 0.363. The highest BCUT2D eigenvalue weighted by Gasteiger charge is 2.16. The summed E-state index contributed by atoms with van der Waals surface area (Å²) < 4.78 is 5.40. The van der Waals surface area contributed by atoms with Crippen LogP contribution in [0, 0.1) is 0 Å². The second-order valence-electron chi connectivity index (χ2n) is 5.76. The first-order chi connectivity index (χ1) is 12.8. The maximum Gasteiger partial charge on any atom is 0.240 e. The molecule has 0 unspecified atom stereocenters. The topological polar surface area (TPSA) is 51.0 Å². The van der Waals surface area contributed by atoms with Crippen molar-refractivity contribution in [3.05, 3.63) is 93.5 Å². The third-order valence-corrected chi connectivity index (χ3v) is 5.18. The number of halogens is 1. The summed E-state index contributed by atoms with van der Waals surface area (Å²) in [5, 5.41) is 10.3. The van der Waals surface area contributed by atoms with Crippen molar-refractivity contribution in [3.8, 4) is 11.4 Å². The highest BCUT2D eigenvalue weighted by atomic mass is 35.5. The van der Waals surface area contributed by atoms with Crippen molar-refractivity contribution in [2.24, 2.45) is 0 Å². The zero-order valence-corrected chi connectivity index (χ0v) is 15.4. The van der Waals surface area contributed by atoms with Crippen molar-refractivity contribution in [2.75, 3.05) is 0 Å². The zero-order chi connectivity index (χ0) is 17.8. The normalized spacial score (nSPS) is 12.2. The summed E-state index contributed by atoms with van der Waals surface area (Å²) in [6, 6.07) is 22.0. The summed E-state index contributed by atoms with van der Waals surface area (Å²) in [6.45, 7) is 0.484. The lowest BCUT2D eigenvalue weighted by atomic mass is 10.1. The van der Waals surface area contributed by atoms with E-state index in [1.165, 1.54) is 10.4 Å². The molecule has 0 saturated heterocycles. The lowest BCUT2D eigenvalue weighted by Gasteiger charge is -2.16. The van der Waals surface area contributed by atoms with Gasteiger partial charge in [0.15, 0.2) is 0 Å². The molecule has 0 saturated carbocycles. The minimum atomic E-state index is 0.0853. The molecule has 0 fully saturated rings. The van der Waals surface area contributed by atoms with Crippen molar-refractivity contribution in [1.82, 2.24) is 15.5 Å². The Morgan fingerprint density at radius 1 is 1.00 bits per heavy atom. The number of hydrogen-bond acceptors (Lipinski definition) is 5. The number of nitrogens with one attached hydrogen (secondary N) is 1. The Labute approximate surface area is 160 Å². The van der Waals surface area contributed by atoms with E-state index in [-0.39, 0.29) is 6.04 Å². The molecule has 4 aromatic rings. The predicted octanol–water partition coefficient (Wildman–Crippen LogP) is 5.33. The third kappa shape index (κ3) is 3.85. The molecule has 4 nitrogen and oxygen atoms in total. The predicted molar refractivity (Wildman–Crippen MR) is 104 cm³/mol. The highest BCUT2D eigenvalue weighted by Crippen LogP contribution is 2.26. The average molecular weight is 382 g/mol. The van der Waals surface area contributed by atoms with E-state index in [1.54, 1.807) is 11.3 Å². The van der Waals surface area contributed by atoms with E-state index < -0.39 is 0 Å². The van der Waals surface area contributed by atoms with Gasteiger partial charge in [0, 0.05) is 15.5 Å². The van der Waals surface area contributed by atoms with E-state index in [9.17, 15) is 0 Å². The minimum Gasteiger partial charge on any atom is -0.338 e. The highest BCUT2D eigenvalue weighted by molar-refractivity contribution is 7.10. The molecule has 0 bridgehead atoms. The van der Waals surface area contributed by atoms with Crippen LogP contribution in [0.4, 0.5) is 0 Å². The monoisotopic (exact) mass is 381 g/mol. The van der Waals surface area contributed by atoms with Crippen LogP contribution in [-0.2, 0) is 6.54 Å². The van der Waals surface area contributed by atoms with Crippen LogP contribution in [0.3, 0.4) is 0 Å². The van der Waals surface area contributed by atoms with Gasteiger partial charge >= 0.3 is 0 Å². The average Bonchev–Trinajstić information content (AvgIpc) is 3.36. The molecule has 130 valence electrons. The Morgan fingerprint density at radius 3 is 2.54 bits per heavy atom. The first kappa shape index (κ1) is 17.0. The molecule has 2 aromatic heterocycles. The van der Waals surface area contributed by atoms with Crippen LogP contribution in [0.2, 0.25) is 5.02 Å². The largest absolute Gasteiger partial charge is 0.338 e. The molecule has 1 N–H and O–H groups in total. The molecule has 0 radical (unpaired) electrons. The molecular formula is C20H16ClN3OS. The van der Waals surface area contributed by atoms with Crippen LogP contribution in [0.1, 0.15) is 22.4 Å². The Balaban J connectivity index is 1.51. The molecule has 6 heteroatoms. The van der Waals surface area contributed by atoms with Crippen molar-refractivity contribution < 1.29 is 4.52 Å². The fourth-order valence-electron chi connectivity index (χ4n) is 2.72. The second kappa shape index (κ2) is 7.83. The first-order valence-electron chi connectivity index (χ1n) is 8.20. The van der Waals surface area contributed by atoms with Gasteiger partial charge in [-0.05, 0) is 41.3 Å². The number of thiophene rings is 1. The molecule has 0 amide bonds. The van der Waals surface area contributed by atoms with Crippen molar-refractivity contribution >= 4 is 22.9 Å². The Kier molecular flexibility index (Phi) is 5.11. The Hall–Kier alpha value is -2.47. The van der Waals surface area contributed by atoms with E-state index in [2.05, 4.69) is 45.1 Å². The molecule has 0 aliphatic rings. The van der Waals surface area contributed by atoms with Gasteiger partial charge in [-0.1, -0.05) is 53.2 Å². The summed E-state index contributed by atoms with van der Waals surface area (Å²) in [7, 11) is 0. The van der Waals surface area contributed by atoms with Gasteiger partial charge in [-0.15, -0.1) is 11.3 Å². The first-order valence-corrected chi connectivity index (χ1v) is 9.45. The van der Waals surface area contributed by atoms with Crippen LogP contribution < -0.4 is 5.32 Å². The summed E-state index contributed by atoms with van der Waals surface area (Å²) in [4.78, 5) is 5.72. The minimum absolute atomic E-state index is 0.0853. The fraction of sp³-hybridized carbons (Fsp3) is 0.100. The maximum atomic E-state index is 5.92. The second-order valence-corrected chi connectivity index (χ2v) is 7.17. The number of nitrogens with zero attached hydrogens (tertiary/aromatic N) is 2. The lowest BCUT2D eigenvalue weighted by Crippen LogP contribution is -2.21. The Morgan fingerprint density at radius 2 is 1.81 bits per heavy atom. The van der Waals surface area contributed by atoms with Crippen LogP contribution in [0.25, 0.3) is 11.4 Å². The summed E-state index contributed by atoms with van der Waals surface area (Å²) in [5.74, 6) is 1.11. The van der Waals surface area contributed by atoms with Gasteiger partial charge in [0.05, 0.1) is 12.6 Å². The fourth-order valence-corrected chi connectivity index (χ4v) is 3.67. The molecule has 2 heterocycles. The van der Waals surface area contributed by atoms with E-state index >= 15 is 0 Å². The number of benzene rings is 2. The van der Waals surface area contributed by atoms with E-state index in [0.717, 1.165) is 5.56 Å². The SMILES string of the molecule is Clc1ccc(-c2noc(CN[C@H](c3ccccc3)c3cccs3)n2)cc1. The smallest absolute Gasteiger partial charge is 0.240 e. The van der Waals surface area contributed by atoms with Gasteiger partial charge in [-0.2, -0.15) is 4.98 Å². The molecule has 0 spiro atoms. The van der Waals surface area contributed by atoms with Crippen LogP contribution in [-0.4, -0.2) is 10.1 Å². The third-order valence-electron chi connectivity index (χ3n) is 3.99. The standard InChI is InChI=1S/C20H16ClN3OS/c21-16-10-8-15(9-11-16)20-23-18(25-24-20)13-22-19(17-7-4-12-26-17)14-5-2-1-3-6-14/h1-12,19,22H,13H2/t19-/m1/s1. The molecule has 26 heavy (non-hydrogen) atoms. The van der Waals surface area contributed by atoms with E-state index in [4.69, 9.17) is 16.1 Å². The van der Waals surface area contributed by atoms with Gasteiger partial charge in [0.1, 0.15) is 0 Å². The molecule has 0 aliphatic carbocycles. The van der Waals surface area contributed by atoms with Crippen LogP contribution in [0.5, 0.6) is 0 Å². The molecule has 0 aliphatic heterocycles. The molecule has 4 rings (SSSR count). The van der Waals surface area contributed by atoms with Crippen LogP contribution in [0.15, 0.2) is 76.6 Å². The number of hydrogen-bond donors (Lipinski definition) is 1. The van der Waals surface area contributed by atoms with E-state index in [1.807, 2.05) is 42.5 Å². The summed E-state index contributed by atoms with van der Waals surface area (Å²) in [5.41, 5.74) is 2.08. The number of rotatable bonds is 6. The van der Waals surface area contributed by atoms with Gasteiger partial charge in [0.25, 0.3) is 0 Å². The summed E-state index contributed by atoms with van der Waals surface area (Å²) >= 11 is 7.65. The van der Waals surface area contributed by atoms with Gasteiger partial charge in [-0.3, -0.25) is 5.32 Å². The van der Waals surface area contributed by atoms with Crippen molar-refractivity contribution in [3.63, 3.8) is 0 Å². The van der Waals surface area contributed by atoms with Gasteiger partial charge in [-0.25, -0.2) is 0 Å². The molecular weight excluding hydrogens is 366 g/mol. The molecule has 1 atom stereocenters. The molecule has 2 aromatic carbocycles. The van der Waals surface area contributed by atoms with Crippen molar-refractivity contribution in [1.29, 1.82) is 0 Å². The maximum absolute atomic E-state index is 5.92. The number of aromatic nitrogens is 2. The quantitative estimate of drug-likeness (QED) is 0.490. The van der Waals surface area contributed by atoms with E-state index in [0.29, 0.717) is 23.3 Å². The zero-order valence-electron chi connectivity index (χ0n) is 13.8. The van der Waals surface area contributed by atoms with Gasteiger partial charge < -0.3 is 4.52 Å². The van der Waals surface area contributed by atoms with Crippen LogP contribution >= 0.6 is 22.9 Å².